The lowest BCUT2D eigenvalue weighted by atomic mass is 9.84. The van der Waals surface area contributed by atoms with Crippen LogP contribution < -0.4 is 0 Å². The molecule has 1 saturated heterocycles. The Hall–Kier alpha value is -1.80. The molecule has 1 atom stereocenters. The van der Waals surface area contributed by atoms with Crippen molar-refractivity contribution in [2.45, 2.75) is 31.7 Å². The van der Waals surface area contributed by atoms with E-state index in [1.54, 1.807) is 11.1 Å². The molecule has 2 aromatic carbocycles. The molecule has 3 heterocycles. The van der Waals surface area contributed by atoms with E-state index in [9.17, 15) is 0 Å². The Morgan fingerprint density at radius 1 is 0.952 bits per heavy atom. The van der Waals surface area contributed by atoms with Crippen LogP contribution >= 0.6 is 0 Å². The number of H-pyrrole nitrogens is 1. The Morgan fingerprint density at radius 2 is 1.90 bits per heavy atom. The lowest BCUT2D eigenvalue weighted by Gasteiger charge is -2.41. The van der Waals surface area contributed by atoms with Gasteiger partial charge in [-0.2, -0.15) is 0 Å². The van der Waals surface area contributed by atoms with Crippen LogP contribution in [0.1, 0.15) is 36.4 Å². The van der Waals surface area contributed by atoms with Crippen molar-refractivity contribution in [1.82, 2.24) is 9.88 Å². The van der Waals surface area contributed by atoms with E-state index in [0.717, 1.165) is 0 Å². The minimum atomic E-state index is 0.644. The van der Waals surface area contributed by atoms with Crippen molar-refractivity contribution in [3.8, 4) is 0 Å². The number of benzene rings is 2. The summed E-state index contributed by atoms with van der Waals surface area (Å²) in [5.41, 5.74) is 5.78. The first-order valence-electron chi connectivity index (χ1n) is 8.18. The third-order valence-electron chi connectivity index (χ3n) is 5.42. The van der Waals surface area contributed by atoms with Gasteiger partial charge in [0.05, 0.1) is 0 Å². The predicted molar refractivity (Wildman–Crippen MR) is 87.7 cm³/mol. The molecular formula is C19H20N2. The zero-order valence-corrected chi connectivity index (χ0v) is 12.2. The second-order valence-corrected chi connectivity index (χ2v) is 6.53. The van der Waals surface area contributed by atoms with Crippen LogP contribution in [0.3, 0.4) is 0 Å². The van der Waals surface area contributed by atoms with E-state index in [0.29, 0.717) is 6.04 Å². The standard InChI is InChI=1S/C19H20N2/c1-2-6-15-14(5-1)19-16(20-15)9-8-13-10-12-21-11-4-3-7-17(21)18(13)19/h1-2,5-6,8-9,17,20H,3-4,7,10-12H2. The number of rotatable bonds is 0. The zero-order chi connectivity index (χ0) is 13.8. The minimum absolute atomic E-state index is 0.644. The van der Waals surface area contributed by atoms with Crippen molar-refractivity contribution in [2.24, 2.45) is 0 Å². The van der Waals surface area contributed by atoms with Crippen LogP contribution in [-0.4, -0.2) is 23.0 Å². The molecule has 3 aromatic rings. The molecule has 0 aliphatic carbocycles. The molecule has 2 aliphatic rings. The molecule has 1 aromatic heterocycles. The first-order chi connectivity index (χ1) is 10.4. The number of nitrogens with one attached hydrogen (secondary N) is 1. The lowest BCUT2D eigenvalue weighted by molar-refractivity contribution is 0.140. The van der Waals surface area contributed by atoms with E-state index in [1.807, 2.05) is 0 Å². The molecule has 5 rings (SSSR count). The average molecular weight is 276 g/mol. The summed E-state index contributed by atoms with van der Waals surface area (Å²) in [6.45, 7) is 2.52. The van der Waals surface area contributed by atoms with Crippen LogP contribution in [0, 0.1) is 0 Å². The number of hydrogen-bond donors (Lipinski definition) is 1. The van der Waals surface area contributed by atoms with Gasteiger partial charge >= 0.3 is 0 Å². The highest BCUT2D eigenvalue weighted by Gasteiger charge is 2.31. The van der Waals surface area contributed by atoms with Crippen LogP contribution in [0.15, 0.2) is 36.4 Å². The molecule has 0 radical (unpaired) electrons. The van der Waals surface area contributed by atoms with Gasteiger partial charge in [-0.15, -0.1) is 0 Å². The molecule has 1 N–H and O–H groups in total. The van der Waals surface area contributed by atoms with Gasteiger partial charge in [-0.25, -0.2) is 0 Å². The van der Waals surface area contributed by atoms with E-state index in [4.69, 9.17) is 0 Å². The Bertz CT molecular complexity index is 830. The molecular weight excluding hydrogens is 256 g/mol. The SMILES string of the molecule is c1ccc2c(c1)[nH]c1ccc3c(c12)C1CCCCN1CC3. The second kappa shape index (κ2) is 4.35. The number of para-hydroxylation sites is 1. The highest BCUT2D eigenvalue weighted by molar-refractivity contribution is 6.09. The molecule has 0 spiro atoms. The van der Waals surface area contributed by atoms with Crippen LogP contribution in [-0.2, 0) is 6.42 Å². The highest BCUT2D eigenvalue weighted by Crippen LogP contribution is 2.42. The van der Waals surface area contributed by atoms with Gasteiger partial charge in [-0.05, 0) is 49.1 Å². The molecule has 0 bridgehead atoms. The van der Waals surface area contributed by atoms with Crippen molar-refractivity contribution in [1.29, 1.82) is 0 Å². The maximum Gasteiger partial charge on any atom is 0.0468 e. The zero-order valence-electron chi connectivity index (χ0n) is 12.2. The van der Waals surface area contributed by atoms with Gasteiger partial charge < -0.3 is 4.98 Å². The number of fused-ring (bicyclic) bond motifs is 7. The number of piperidine rings is 1. The normalized spacial score (nSPS) is 22.4. The fourth-order valence-corrected chi connectivity index (χ4v) is 4.46. The van der Waals surface area contributed by atoms with Gasteiger partial charge in [-0.1, -0.05) is 30.7 Å². The van der Waals surface area contributed by atoms with Crippen molar-refractivity contribution >= 4 is 21.8 Å². The lowest BCUT2D eigenvalue weighted by Crippen LogP contribution is -2.38. The van der Waals surface area contributed by atoms with Crippen molar-refractivity contribution in [3.63, 3.8) is 0 Å². The third-order valence-corrected chi connectivity index (χ3v) is 5.42. The predicted octanol–water partition coefficient (Wildman–Crippen LogP) is 4.40. The quantitative estimate of drug-likeness (QED) is 0.644. The molecule has 21 heavy (non-hydrogen) atoms. The summed E-state index contributed by atoms with van der Waals surface area (Å²) in [5, 5.41) is 2.89. The summed E-state index contributed by atoms with van der Waals surface area (Å²) in [6, 6.07) is 14.0. The number of aromatic amines is 1. The van der Waals surface area contributed by atoms with Crippen LogP contribution in [0.25, 0.3) is 21.8 Å². The van der Waals surface area contributed by atoms with E-state index >= 15 is 0 Å². The minimum Gasteiger partial charge on any atom is -0.355 e. The molecule has 1 fully saturated rings. The molecule has 2 aliphatic heterocycles. The summed E-state index contributed by atoms with van der Waals surface area (Å²) in [4.78, 5) is 6.32. The number of nitrogens with zero attached hydrogens (tertiary/aromatic N) is 1. The number of aromatic nitrogens is 1. The van der Waals surface area contributed by atoms with Crippen LogP contribution in [0.2, 0.25) is 0 Å². The first kappa shape index (κ1) is 11.8. The maximum absolute atomic E-state index is 3.61. The molecule has 1 unspecified atom stereocenters. The molecule has 2 heteroatoms. The molecule has 0 amide bonds. The van der Waals surface area contributed by atoms with Gasteiger partial charge in [0.15, 0.2) is 0 Å². The van der Waals surface area contributed by atoms with E-state index in [1.165, 1.54) is 60.6 Å². The second-order valence-electron chi connectivity index (χ2n) is 6.53. The summed E-state index contributed by atoms with van der Waals surface area (Å²) >= 11 is 0. The van der Waals surface area contributed by atoms with Gasteiger partial charge in [0.1, 0.15) is 0 Å². The highest BCUT2D eigenvalue weighted by atomic mass is 15.2. The molecule has 106 valence electrons. The van der Waals surface area contributed by atoms with Gasteiger partial charge in [0, 0.05) is 34.4 Å². The van der Waals surface area contributed by atoms with Crippen LogP contribution in [0.5, 0.6) is 0 Å². The molecule has 0 saturated carbocycles. The van der Waals surface area contributed by atoms with Gasteiger partial charge in [0.2, 0.25) is 0 Å². The summed E-state index contributed by atoms with van der Waals surface area (Å²) in [7, 11) is 0. The summed E-state index contributed by atoms with van der Waals surface area (Å²) < 4.78 is 0. The van der Waals surface area contributed by atoms with Crippen molar-refractivity contribution < 1.29 is 0 Å². The average Bonchev–Trinajstić information content (AvgIpc) is 2.93. The third kappa shape index (κ3) is 1.63. The summed E-state index contributed by atoms with van der Waals surface area (Å²) in [5.74, 6) is 0. The van der Waals surface area contributed by atoms with Crippen molar-refractivity contribution in [2.75, 3.05) is 13.1 Å². The van der Waals surface area contributed by atoms with Gasteiger partial charge in [-0.3, -0.25) is 4.90 Å². The largest absolute Gasteiger partial charge is 0.355 e. The van der Waals surface area contributed by atoms with E-state index in [2.05, 4.69) is 46.3 Å². The summed E-state index contributed by atoms with van der Waals surface area (Å²) in [6.07, 6.45) is 5.28. The van der Waals surface area contributed by atoms with Crippen molar-refractivity contribution in [3.05, 3.63) is 47.5 Å². The Labute approximate surface area is 124 Å². The topological polar surface area (TPSA) is 19.0 Å². The smallest absolute Gasteiger partial charge is 0.0468 e. The fraction of sp³-hybridized carbons (Fsp3) is 0.368. The maximum atomic E-state index is 3.61. The monoisotopic (exact) mass is 276 g/mol. The molecule has 2 nitrogen and oxygen atoms in total. The van der Waals surface area contributed by atoms with Gasteiger partial charge in [0.25, 0.3) is 0 Å². The Kier molecular flexibility index (Phi) is 2.45. The first-order valence-corrected chi connectivity index (χ1v) is 8.18. The Balaban J connectivity index is 1.86. The Morgan fingerprint density at radius 3 is 2.90 bits per heavy atom. The van der Waals surface area contributed by atoms with E-state index < -0.39 is 0 Å². The van der Waals surface area contributed by atoms with Crippen LogP contribution in [0.4, 0.5) is 0 Å². The van der Waals surface area contributed by atoms with E-state index in [-0.39, 0.29) is 0 Å². The number of hydrogen-bond acceptors (Lipinski definition) is 1. The fourth-order valence-electron chi connectivity index (χ4n) is 4.46.